The molecule has 0 heterocycles. The lowest BCUT2D eigenvalue weighted by atomic mass is 9.91. The van der Waals surface area contributed by atoms with Crippen LogP contribution in [0.4, 0.5) is 4.39 Å². The molecule has 3 heteroatoms. The second kappa shape index (κ2) is 6.86. The molecule has 0 amide bonds. The summed E-state index contributed by atoms with van der Waals surface area (Å²) in [4.78, 5) is 0. The van der Waals surface area contributed by atoms with Crippen LogP contribution in [0.3, 0.4) is 0 Å². The van der Waals surface area contributed by atoms with E-state index in [1.54, 1.807) is 6.07 Å². The third-order valence-electron chi connectivity index (χ3n) is 3.22. The maximum atomic E-state index is 13.2. The second-order valence-corrected chi connectivity index (χ2v) is 4.93. The van der Waals surface area contributed by atoms with Gasteiger partial charge in [-0.25, -0.2) is 4.39 Å². The molecule has 0 saturated carbocycles. The number of hydrogen-bond donors (Lipinski definition) is 1. The summed E-state index contributed by atoms with van der Waals surface area (Å²) in [5.74, 6) is 0.204. The summed E-state index contributed by atoms with van der Waals surface area (Å²) in [7, 11) is 1.92. The second-order valence-electron chi connectivity index (χ2n) is 4.93. The number of nitrogens with one attached hydrogen (secondary N) is 1. The number of hydrogen-bond acceptors (Lipinski definition) is 2. The van der Waals surface area contributed by atoms with Crippen LogP contribution >= 0.6 is 0 Å². The summed E-state index contributed by atoms with van der Waals surface area (Å²) in [6.07, 6.45) is 0.0872. The van der Waals surface area contributed by atoms with Crippen LogP contribution in [0.15, 0.2) is 18.2 Å². The van der Waals surface area contributed by atoms with Crippen molar-refractivity contribution in [3.8, 4) is 0 Å². The van der Waals surface area contributed by atoms with Crippen molar-refractivity contribution in [1.82, 2.24) is 5.32 Å². The van der Waals surface area contributed by atoms with Gasteiger partial charge in [-0.3, -0.25) is 0 Å². The minimum absolute atomic E-state index is 0.0872. The molecule has 18 heavy (non-hydrogen) atoms. The Morgan fingerprint density at radius 1 is 1.33 bits per heavy atom. The fraction of sp³-hybridized carbons (Fsp3) is 0.600. The van der Waals surface area contributed by atoms with E-state index in [2.05, 4.69) is 19.2 Å². The molecule has 1 aromatic carbocycles. The summed E-state index contributed by atoms with van der Waals surface area (Å²) in [6.45, 7) is 8.90. The maximum Gasteiger partial charge on any atom is 0.123 e. The quantitative estimate of drug-likeness (QED) is 0.838. The highest BCUT2D eigenvalue weighted by atomic mass is 19.1. The first-order chi connectivity index (χ1) is 8.51. The number of benzene rings is 1. The van der Waals surface area contributed by atoms with Crippen LogP contribution in [0.25, 0.3) is 0 Å². The zero-order chi connectivity index (χ0) is 13.7. The smallest absolute Gasteiger partial charge is 0.123 e. The van der Waals surface area contributed by atoms with Crippen LogP contribution in [0.5, 0.6) is 0 Å². The van der Waals surface area contributed by atoms with Gasteiger partial charge in [0.15, 0.2) is 0 Å². The Hall–Kier alpha value is -0.930. The Labute approximate surface area is 110 Å². The van der Waals surface area contributed by atoms with Crippen LogP contribution in [0, 0.1) is 18.7 Å². The molecule has 102 valence electrons. The van der Waals surface area contributed by atoms with Crippen molar-refractivity contribution in [2.75, 3.05) is 13.7 Å². The molecule has 2 nitrogen and oxygen atoms in total. The Bertz CT molecular complexity index is 379. The van der Waals surface area contributed by atoms with Gasteiger partial charge >= 0.3 is 0 Å². The van der Waals surface area contributed by atoms with Crippen molar-refractivity contribution < 1.29 is 9.13 Å². The van der Waals surface area contributed by atoms with Crippen LogP contribution in [-0.2, 0) is 4.74 Å². The lowest BCUT2D eigenvalue weighted by Gasteiger charge is -2.31. The van der Waals surface area contributed by atoms with Gasteiger partial charge < -0.3 is 10.1 Å². The first-order valence-electron chi connectivity index (χ1n) is 6.56. The number of rotatable bonds is 6. The van der Waals surface area contributed by atoms with E-state index in [9.17, 15) is 4.39 Å². The number of likely N-dealkylation sites (N-methyl/N-ethyl adjacent to an activating group) is 1. The molecule has 0 spiro atoms. The summed E-state index contributed by atoms with van der Waals surface area (Å²) in [5, 5.41) is 3.30. The molecular weight excluding hydrogens is 229 g/mol. The molecule has 2 atom stereocenters. The van der Waals surface area contributed by atoms with Crippen molar-refractivity contribution in [1.29, 1.82) is 0 Å². The first kappa shape index (κ1) is 15.1. The van der Waals surface area contributed by atoms with Crippen molar-refractivity contribution >= 4 is 0 Å². The van der Waals surface area contributed by atoms with Gasteiger partial charge in [0.1, 0.15) is 5.82 Å². The number of aryl methyl sites for hydroxylation is 1. The summed E-state index contributed by atoms with van der Waals surface area (Å²) >= 11 is 0. The molecule has 1 N–H and O–H groups in total. The van der Waals surface area contributed by atoms with Crippen LogP contribution in [0.2, 0.25) is 0 Å². The molecule has 0 aliphatic rings. The van der Waals surface area contributed by atoms with Gasteiger partial charge in [-0.05, 0) is 50.1 Å². The van der Waals surface area contributed by atoms with E-state index in [0.29, 0.717) is 12.5 Å². The largest absolute Gasteiger partial charge is 0.376 e. The summed E-state index contributed by atoms with van der Waals surface area (Å²) in [6, 6.07) is 5.02. The summed E-state index contributed by atoms with van der Waals surface area (Å²) in [5.41, 5.74) is 2.06. The zero-order valence-corrected chi connectivity index (χ0v) is 12.0. The molecule has 0 radical (unpaired) electrons. The van der Waals surface area contributed by atoms with E-state index in [-0.39, 0.29) is 18.0 Å². The third kappa shape index (κ3) is 3.53. The van der Waals surface area contributed by atoms with E-state index in [4.69, 9.17) is 4.74 Å². The Kier molecular flexibility index (Phi) is 5.76. The highest BCUT2D eigenvalue weighted by Crippen LogP contribution is 2.27. The monoisotopic (exact) mass is 253 g/mol. The summed E-state index contributed by atoms with van der Waals surface area (Å²) < 4.78 is 19.0. The molecule has 1 rings (SSSR count). The van der Waals surface area contributed by atoms with Gasteiger partial charge in [0, 0.05) is 6.61 Å². The maximum absolute atomic E-state index is 13.2. The van der Waals surface area contributed by atoms with Gasteiger partial charge in [0.2, 0.25) is 0 Å². The van der Waals surface area contributed by atoms with Gasteiger partial charge in [-0.2, -0.15) is 0 Å². The van der Waals surface area contributed by atoms with Gasteiger partial charge in [-0.15, -0.1) is 0 Å². The fourth-order valence-corrected chi connectivity index (χ4v) is 2.35. The molecule has 2 unspecified atom stereocenters. The SMILES string of the molecule is CCOC(C(C)C)C(NC)c1ccc(F)cc1C. The minimum atomic E-state index is -0.191. The van der Waals surface area contributed by atoms with E-state index < -0.39 is 0 Å². The predicted molar refractivity (Wildman–Crippen MR) is 73.2 cm³/mol. The minimum Gasteiger partial charge on any atom is -0.376 e. The Morgan fingerprint density at radius 3 is 2.44 bits per heavy atom. The molecule has 0 aliphatic carbocycles. The molecule has 0 bridgehead atoms. The molecule has 0 saturated heterocycles. The molecule has 1 aromatic rings. The van der Waals surface area contributed by atoms with Gasteiger partial charge in [0.25, 0.3) is 0 Å². The average Bonchev–Trinajstić information content (AvgIpc) is 2.31. The van der Waals surface area contributed by atoms with Crippen LogP contribution in [0.1, 0.15) is 37.9 Å². The number of ether oxygens (including phenoxy) is 1. The third-order valence-corrected chi connectivity index (χ3v) is 3.22. The van der Waals surface area contributed by atoms with Gasteiger partial charge in [-0.1, -0.05) is 19.9 Å². The first-order valence-corrected chi connectivity index (χ1v) is 6.56. The standard InChI is InChI=1S/C15H24FNO/c1-6-18-15(10(2)3)14(17-5)13-8-7-12(16)9-11(13)4/h7-10,14-15,17H,6H2,1-5H3. The van der Waals surface area contributed by atoms with Gasteiger partial charge in [0.05, 0.1) is 12.1 Å². The van der Waals surface area contributed by atoms with Crippen molar-refractivity contribution in [2.24, 2.45) is 5.92 Å². The van der Waals surface area contributed by atoms with Crippen molar-refractivity contribution in [2.45, 2.75) is 39.8 Å². The average molecular weight is 253 g/mol. The topological polar surface area (TPSA) is 21.3 Å². The van der Waals surface area contributed by atoms with Crippen LogP contribution < -0.4 is 5.32 Å². The van der Waals surface area contributed by atoms with Crippen molar-refractivity contribution in [3.63, 3.8) is 0 Å². The fourth-order valence-electron chi connectivity index (χ4n) is 2.35. The molecule has 0 aromatic heterocycles. The predicted octanol–water partition coefficient (Wildman–Crippen LogP) is 3.46. The Morgan fingerprint density at radius 2 is 2.00 bits per heavy atom. The van der Waals surface area contributed by atoms with Crippen LogP contribution in [-0.4, -0.2) is 19.8 Å². The lowest BCUT2D eigenvalue weighted by Crippen LogP contribution is -2.36. The normalized spacial score (nSPS) is 14.8. The van der Waals surface area contributed by atoms with E-state index in [1.807, 2.05) is 27.0 Å². The Balaban J connectivity index is 3.06. The number of halogens is 1. The van der Waals surface area contributed by atoms with E-state index >= 15 is 0 Å². The molecule has 0 fully saturated rings. The highest BCUT2D eigenvalue weighted by Gasteiger charge is 2.26. The molecule has 0 aliphatic heterocycles. The lowest BCUT2D eigenvalue weighted by molar-refractivity contribution is 0.00444. The van der Waals surface area contributed by atoms with E-state index in [0.717, 1.165) is 11.1 Å². The van der Waals surface area contributed by atoms with E-state index in [1.165, 1.54) is 6.07 Å². The molecular formula is C15H24FNO. The van der Waals surface area contributed by atoms with Crippen molar-refractivity contribution in [3.05, 3.63) is 35.1 Å². The highest BCUT2D eigenvalue weighted by molar-refractivity contribution is 5.30. The zero-order valence-electron chi connectivity index (χ0n) is 12.0.